The van der Waals surface area contributed by atoms with Gasteiger partial charge >= 0.3 is 0 Å². The highest BCUT2D eigenvalue weighted by molar-refractivity contribution is 6.16. The molecule has 4 amide bonds. The minimum absolute atomic E-state index is 0.115. The molecule has 0 saturated heterocycles. The molecule has 0 fully saturated rings. The van der Waals surface area contributed by atoms with E-state index >= 15 is 0 Å². The Hall–Kier alpha value is -3.02. The molecule has 2 heterocycles. The van der Waals surface area contributed by atoms with Crippen LogP contribution in [0, 0.1) is 0 Å². The minimum Gasteiger partial charge on any atom is -0.271 e. The summed E-state index contributed by atoms with van der Waals surface area (Å²) in [7, 11) is 0. The lowest BCUT2D eigenvalue weighted by Crippen LogP contribution is -2.33. The number of carbonyl (C=O) groups is 4. The standard InChI is InChI=1S/C18H16N2O4/c1-11-7-15(21)19(17(11)23)9-13-5-3-4-6-14(13)10-20-16(22)8-12(2)18(20)24/h3-8H,9-10H2,1-2H3. The van der Waals surface area contributed by atoms with Gasteiger partial charge in [-0.3, -0.25) is 29.0 Å². The summed E-state index contributed by atoms with van der Waals surface area (Å²) in [6, 6.07) is 7.16. The molecule has 6 heteroatoms. The van der Waals surface area contributed by atoms with Gasteiger partial charge in [-0.15, -0.1) is 0 Å². The van der Waals surface area contributed by atoms with E-state index in [-0.39, 0.29) is 36.7 Å². The van der Waals surface area contributed by atoms with Gasteiger partial charge in [0.2, 0.25) is 0 Å². The fourth-order valence-electron chi connectivity index (χ4n) is 2.78. The molecule has 0 atom stereocenters. The largest absolute Gasteiger partial charge is 0.271 e. The molecule has 0 unspecified atom stereocenters. The van der Waals surface area contributed by atoms with Gasteiger partial charge in [-0.1, -0.05) is 24.3 Å². The highest BCUT2D eigenvalue weighted by Crippen LogP contribution is 2.21. The van der Waals surface area contributed by atoms with Crippen LogP contribution in [0.5, 0.6) is 0 Å². The van der Waals surface area contributed by atoms with Crippen LogP contribution < -0.4 is 0 Å². The number of carbonyl (C=O) groups excluding carboxylic acids is 4. The van der Waals surface area contributed by atoms with Gasteiger partial charge in [-0.2, -0.15) is 0 Å². The van der Waals surface area contributed by atoms with E-state index in [1.807, 2.05) is 0 Å². The lowest BCUT2D eigenvalue weighted by Gasteiger charge is -2.20. The van der Waals surface area contributed by atoms with Gasteiger partial charge in [0.25, 0.3) is 23.6 Å². The van der Waals surface area contributed by atoms with Crippen LogP contribution in [0.15, 0.2) is 47.6 Å². The van der Waals surface area contributed by atoms with Crippen LogP contribution in [0.1, 0.15) is 25.0 Å². The Morgan fingerprint density at radius 1 is 0.708 bits per heavy atom. The molecule has 1 aromatic rings. The molecule has 0 radical (unpaired) electrons. The molecule has 3 rings (SSSR count). The van der Waals surface area contributed by atoms with Gasteiger partial charge in [-0.05, 0) is 25.0 Å². The van der Waals surface area contributed by atoms with E-state index in [1.54, 1.807) is 38.1 Å². The van der Waals surface area contributed by atoms with Crippen molar-refractivity contribution in [3.05, 3.63) is 58.7 Å². The lowest BCUT2D eigenvalue weighted by atomic mass is 10.1. The van der Waals surface area contributed by atoms with E-state index in [9.17, 15) is 19.2 Å². The van der Waals surface area contributed by atoms with Gasteiger partial charge < -0.3 is 0 Å². The summed E-state index contributed by atoms with van der Waals surface area (Å²) in [5.74, 6) is -1.34. The molecule has 24 heavy (non-hydrogen) atoms. The van der Waals surface area contributed by atoms with Crippen molar-refractivity contribution in [3.63, 3.8) is 0 Å². The van der Waals surface area contributed by atoms with Crippen LogP contribution in [0.3, 0.4) is 0 Å². The van der Waals surface area contributed by atoms with E-state index in [4.69, 9.17) is 0 Å². The molecule has 0 N–H and O–H groups in total. The fraction of sp³-hybridized carbons (Fsp3) is 0.222. The molecular weight excluding hydrogens is 308 g/mol. The second-order valence-electron chi connectivity index (χ2n) is 5.88. The zero-order chi connectivity index (χ0) is 17.4. The number of amides is 4. The van der Waals surface area contributed by atoms with Crippen LogP contribution in [-0.4, -0.2) is 33.4 Å². The summed E-state index contributed by atoms with van der Waals surface area (Å²) in [6.45, 7) is 3.43. The topological polar surface area (TPSA) is 74.8 Å². The van der Waals surface area contributed by atoms with Crippen molar-refractivity contribution in [2.24, 2.45) is 0 Å². The third kappa shape index (κ3) is 2.67. The second-order valence-corrected chi connectivity index (χ2v) is 5.88. The Bertz CT molecular complexity index is 766. The third-order valence-corrected chi connectivity index (χ3v) is 4.15. The zero-order valence-corrected chi connectivity index (χ0v) is 13.4. The van der Waals surface area contributed by atoms with E-state index in [0.717, 1.165) is 20.9 Å². The molecule has 0 saturated carbocycles. The normalized spacial score (nSPS) is 17.8. The molecule has 1 aromatic carbocycles. The third-order valence-electron chi connectivity index (χ3n) is 4.15. The van der Waals surface area contributed by atoms with Crippen molar-refractivity contribution < 1.29 is 19.2 Å². The Labute approximate surface area is 139 Å². The first-order valence-corrected chi connectivity index (χ1v) is 7.53. The SMILES string of the molecule is CC1=CC(=O)N(Cc2ccccc2CN2C(=O)C=C(C)C2=O)C1=O. The average molecular weight is 324 g/mol. The quantitative estimate of drug-likeness (QED) is 0.783. The van der Waals surface area contributed by atoms with Gasteiger partial charge in [0, 0.05) is 23.3 Å². The van der Waals surface area contributed by atoms with Crippen LogP contribution in [0.2, 0.25) is 0 Å². The predicted molar refractivity (Wildman–Crippen MR) is 85.1 cm³/mol. The molecule has 0 aromatic heterocycles. The monoisotopic (exact) mass is 324 g/mol. The zero-order valence-electron chi connectivity index (χ0n) is 13.4. The lowest BCUT2D eigenvalue weighted by molar-refractivity contribution is -0.139. The molecule has 6 nitrogen and oxygen atoms in total. The summed E-state index contributed by atoms with van der Waals surface area (Å²) in [6.07, 6.45) is 2.62. The van der Waals surface area contributed by atoms with Crippen molar-refractivity contribution in [2.75, 3.05) is 0 Å². The van der Waals surface area contributed by atoms with E-state index in [0.29, 0.717) is 11.1 Å². The number of hydrogen-bond acceptors (Lipinski definition) is 4. The van der Waals surface area contributed by atoms with Crippen LogP contribution in [0.4, 0.5) is 0 Å². The number of hydrogen-bond donors (Lipinski definition) is 0. The average Bonchev–Trinajstić information content (AvgIpc) is 2.92. The maximum Gasteiger partial charge on any atom is 0.256 e. The van der Waals surface area contributed by atoms with Crippen molar-refractivity contribution in [1.82, 2.24) is 9.80 Å². The molecule has 2 aliphatic heterocycles. The Morgan fingerprint density at radius 3 is 1.38 bits per heavy atom. The maximum absolute atomic E-state index is 12.0. The highest BCUT2D eigenvalue weighted by Gasteiger charge is 2.31. The molecule has 0 spiro atoms. The number of imide groups is 2. The molecule has 0 aliphatic carbocycles. The number of rotatable bonds is 4. The van der Waals surface area contributed by atoms with Gasteiger partial charge in [-0.25, -0.2) is 0 Å². The summed E-state index contributed by atoms with van der Waals surface area (Å²) in [5.41, 5.74) is 2.27. The fourth-order valence-corrected chi connectivity index (χ4v) is 2.78. The Balaban J connectivity index is 1.82. The smallest absolute Gasteiger partial charge is 0.256 e. The first-order chi connectivity index (χ1) is 11.4. The molecular formula is C18H16N2O4. The highest BCUT2D eigenvalue weighted by atomic mass is 16.2. The van der Waals surface area contributed by atoms with Crippen molar-refractivity contribution in [1.29, 1.82) is 0 Å². The Morgan fingerprint density at radius 2 is 1.08 bits per heavy atom. The van der Waals surface area contributed by atoms with Crippen molar-refractivity contribution in [3.8, 4) is 0 Å². The number of benzene rings is 1. The molecule has 2 aliphatic rings. The summed E-state index contributed by atoms with van der Waals surface area (Å²) in [5, 5.41) is 0. The number of nitrogens with zero attached hydrogens (tertiary/aromatic N) is 2. The van der Waals surface area contributed by atoms with Crippen molar-refractivity contribution in [2.45, 2.75) is 26.9 Å². The summed E-state index contributed by atoms with van der Waals surface area (Å²) in [4.78, 5) is 50.2. The minimum atomic E-state index is -0.349. The second kappa shape index (κ2) is 5.88. The van der Waals surface area contributed by atoms with Crippen LogP contribution in [-0.2, 0) is 32.3 Å². The van der Waals surface area contributed by atoms with Gasteiger partial charge in [0.15, 0.2) is 0 Å². The van der Waals surface area contributed by atoms with E-state index in [1.165, 1.54) is 12.2 Å². The van der Waals surface area contributed by atoms with Gasteiger partial charge in [0.05, 0.1) is 13.1 Å². The Kier molecular flexibility index (Phi) is 3.89. The summed E-state index contributed by atoms with van der Waals surface area (Å²) >= 11 is 0. The van der Waals surface area contributed by atoms with Crippen LogP contribution in [0.25, 0.3) is 0 Å². The van der Waals surface area contributed by atoms with Crippen molar-refractivity contribution >= 4 is 23.6 Å². The predicted octanol–water partition coefficient (Wildman–Crippen LogP) is 1.32. The van der Waals surface area contributed by atoms with Crippen LogP contribution >= 0.6 is 0 Å². The maximum atomic E-state index is 12.0. The first kappa shape index (κ1) is 15.9. The van der Waals surface area contributed by atoms with E-state index < -0.39 is 0 Å². The van der Waals surface area contributed by atoms with Gasteiger partial charge in [0.1, 0.15) is 0 Å². The van der Waals surface area contributed by atoms with E-state index in [2.05, 4.69) is 0 Å². The molecule has 0 bridgehead atoms. The molecule has 122 valence electrons. The first-order valence-electron chi connectivity index (χ1n) is 7.53. The summed E-state index contributed by atoms with van der Waals surface area (Å²) < 4.78 is 0.